The number of allylic oxidation sites excluding steroid dienone is 2. The fourth-order valence-electron chi connectivity index (χ4n) is 10.9. The molecule has 0 radical (unpaired) electrons. The van der Waals surface area contributed by atoms with Crippen molar-refractivity contribution in [1.29, 1.82) is 0 Å². The number of carboxylic acid groups (broad SMARTS) is 1. The normalized spacial score (nSPS) is 21.5. The van der Waals surface area contributed by atoms with Gasteiger partial charge in [-0.05, 0) is 63.0 Å². The maximum absolute atomic E-state index is 11.9. The van der Waals surface area contributed by atoms with Crippen LogP contribution in [0.3, 0.4) is 0 Å². The molecule has 96 heavy (non-hydrogen) atoms. The van der Waals surface area contributed by atoms with Crippen molar-refractivity contribution in [3.8, 4) is 0 Å². The van der Waals surface area contributed by atoms with Crippen molar-refractivity contribution in [2.24, 2.45) is 15.9 Å². The Balaban J connectivity index is 0.000000376. The molecule has 13 nitrogen and oxygen atoms in total. The number of unbranched alkanes of at least 4 members (excludes halogenated alkanes) is 14. The van der Waals surface area contributed by atoms with Crippen LogP contribution in [-0.4, -0.2) is 126 Å². The van der Waals surface area contributed by atoms with Gasteiger partial charge in [-0.3, -0.25) is 14.8 Å². The Labute approximate surface area is 583 Å². The first-order chi connectivity index (χ1) is 45.9. The van der Waals surface area contributed by atoms with Gasteiger partial charge in [0.2, 0.25) is 12.6 Å². The molecule has 4 unspecified atom stereocenters. The summed E-state index contributed by atoms with van der Waals surface area (Å²) in [6, 6.07) is 40.1. The number of hydrogen-bond acceptors (Lipinski definition) is 12. The third-order valence-electron chi connectivity index (χ3n) is 18.9. The molecule has 2 saturated heterocycles. The Hall–Kier alpha value is -5.34. The Kier molecular flexibility index (Phi) is 38.6. The molecule has 4 aromatic rings. The number of aliphatic imine (C=N–C) groups is 2. The highest BCUT2D eigenvalue weighted by Crippen LogP contribution is 2.40. The molecule has 0 amide bonds. The van der Waals surface area contributed by atoms with Gasteiger partial charge in [-0.25, -0.2) is 0 Å². The zero-order valence-corrected chi connectivity index (χ0v) is 63.7. The van der Waals surface area contributed by atoms with E-state index >= 15 is 0 Å². The number of aliphatic hydroxyl groups excluding tert-OH is 1. The summed E-state index contributed by atoms with van der Waals surface area (Å²) in [5, 5.41) is 19.9. The van der Waals surface area contributed by atoms with Gasteiger partial charge in [0.1, 0.15) is 30.4 Å². The first kappa shape index (κ1) is 83.1. The van der Waals surface area contributed by atoms with E-state index in [1.54, 1.807) is 12.5 Å². The van der Waals surface area contributed by atoms with E-state index in [0.717, 1.165) is 52.9 Å². The van der Waals surface area contributed by atoms with Gasteiger partial charge in [-0.1, -0.05) is 292 Å². The van der Waals surface area contributed by atoms with Crippen LogP contribution in [-0.2, 0) is 42.1 Å². The summed E-state index contributed by atoms with van der Waals surface area (Å²) in [6.45, 7) is 38.4. The maximum atomic E-state index is 11.9. The van der Waals surface area contributed by atoms with Crippen LogP contribution in [0.15, 0.2) is 169 Å². The lowest BCUT2D eigenvalue weighted by Crippen LogP contribution is -2.60. The predicted molar refractivity (Wildman–Crippen MR) is 402 cm³/mol. The molecule has 0 bridgehead atoms. The molecule has 4 aromatic carbocycles. The third-order valence-corrected chi connectivity index (χ3v) is 27.9. The average Bonchev–Trinajstić information content (AvgIpc) is 0.796. The smallest absolute Gasteiger partial charge is 0.307 e. The van der Waals surface area contributed by atoms with Gasteiger partial charge in [-0.2, -0.15) is 0 Å². The molecule has 6 rings (SSSR count). The van der Waals surface area contributed by atoms with Gasteiger partial charge in [0, 0.05) is 41.4 Å². The molecule has 0 aromatic heterocycles. The maximum Gasteiger partial charge on any atom is 0.307 e. The summed E-state index contributed by atoms with van der Waals surface area (Å²) in [7, 11) is -4.06. The average molecular weight is 1360 g/mol. The van der Waals surface area contributed by atoms with Crippen molar-refractivity contribution < 1.29 is 52.3 Å². The van der Waals surface area contributed by atoms with Crippen LogP contribution in [0.2, 0.25) is 36.3 Å². The van der Waals surface area contributed by atoms with Crippen molar-refractivity contribution >= 4 is 34.0 Å². The Morgan fingerprint density at radius 1 is 0.521 bits per heavy atom. The van der Waals surface area contributed by atoms with E-state index in [2.05, 4.69) is 168 Å². The van der Waals surface area contributed by atoms with Crippen LogP contribution >= 0.6 is 0 Å². The first-order valence-corrected chi connectivity index (χ1v) is 42.0. The summed E-state index contributed by atoms with van der Waals surface area (Å²) < 4.78 is 52.4. The molecule has 2 aliphatic rings. The molecule has 0 spiro atoms. The summed E-state index contributed by atoms with van der Waals surface area (Å²) in [5.41, 5.74) is 5.81. The topological polar surface area (TPSA) is 156 Å². The largest absolute Gasteiger partial charge is 0.481 e. The minimum Gasteiger partial charge on any atom is -0.481 e. The fraction of sp³-hybridized carbons (Fsp3) is 0.593. The number of aliphatic hydroxyl groups is 1. The number of carboxylic acids is 1. The van der Waals surface area contributed by atoms with E-state index in [0.29, 0.717) is 19.8 Å². The SMILES string of the molecule is C/C=C\O[C@H]1OC(CO[Si](C)(C)C(C)(C)C)[C@@H](C)[C@H](OCCCCCCCCCC)C1N=C(c1ccccc1)c1ccccc1.C/C=C\O[C@H]1OC(CO[Si](C)(C)C(C)(C)C)[C@@H](O)[C@H](OCCCCCCCCCC)C1N=C(c1ccccc1)c1ccccc1.C=CCC(=O)O. The highest BCUT2D eigenvalue weighted by Gasteiger charge is 2.50. The van der Waals surface area contributed by atoms with Crippen molar-refractivity contribution in [2.75, 3.05) is 26.4 Å². The van der Waals surface area contributed by atoms with E-state index in [9.17, 15) is 9.90 Å². The number of rotatable bonds is 38. The van der Waals surface area contributed by atoms with Crippen molar-refractivity contribution in [3.05, 3.63) is 181 Å². The first-order valence-electron chi connectivity index (χ1n) is 36.2. The molecular formula is C81H126N2O11Si2. The summed E-state index contributed by atoms with van der Waals surface area (Å²) in [5.74, 6) is -0.763. The highest BCUT2D eigenvalue weighted by molar-refractivity contribution is 6.74. The van der Waals surface area contributed by atoms with Gasteiger partial charge in [0.05, 0.1) is 55.8 Å². The number of benzene rings is 4. The van der Waals surface area contributed by atoms with E-state index in [1.165, 1.54) is 89.5 Å². The van der Waals surface area contributed by atoms with Gasteiger partial charge in [-0.15, -0.1) is 6.58 Å². The van der Waals surface area contributed by atoms with E-state index < -0.39 is 59.5 Å². The second-order valence-electron chi connectivity index (χ2n) is 28.7. The Bertz CT molecular complexity index is 2570. The number of hydrogen-bond donors (Lipinski definition) is 2. The quantitative estimate of drug-likeness (QED) is 0.0145. The monoisotopic (exact) mass is 1360 g/mol. The second-order valence-corrected chi connectivity index (χ2v) is 38.3. The third kappa shape index (κ3) is 28.9. The van der Waals surface area contributed by atoms with Crippen molar-refractivity contribution in [3.63, 3.8) is 0 Å². The number of carbonyl (C=O) groups is 1. The molecule has 0 aliphatic carbocycles. The van der Waals surface area contributed by atoms with Gasteiger partial charge >= 0.3 is 5.97 Å². The molecule has 2 fully saturated rings. The molecule has 2 aliphatic heterocycles. The molecule has 534 valence electrons. The lowest BCUT2D eigenvalue weighted by molar-refractivity contribution is -0.257. The van der Waals surface area contributed by atoms with Crippen LogP contribution in [0.1, 0.15) is 208 Å². The standard InChI is InChI=1S/C39H61NO4Si.C38H59NO5Si.C4H6O2/c1-9-11-12-13-14-15-16-23-29-41-37-31(3)34(30-43-45(7,8)39(4,5)6)44-38(42-28-10-2)36(37)40-35(32-24-19-17-20-25-32)33-26-21-18-22-27-33;1-8-10-11-12-13-14-15-22-28-41-36-34(39-33(30-23-18-16-19-24-30)31-25-20-17-21-26-31)37(42-27-9-2)44-32(35(36)40)29-43-45(6,7)38(3,4)5;1-2-3-4(5)6/h10,17-22,24-28,31,34,36-38H,9,11-16,23,29-30H2,1-8H3;9,16-21,23-27,32,34-37,40H,8,10-15,22,28-29H2,1-7H3;2H,1,3H2,(H,5,6)/b28-10-;27-9-;/t31-,34?,36?,37+,38+;32?,34?,35-,36-,37+;/m11./s1. The summed E-state index contributed by atoms with van der Waals surface area (Å²) >= 11 is 0. The molecule has 2 heterocycles. The fourth-order valence-corrected chi connectivity index (χ4v) is 12.9. The lowest BCUT2D eigenvalue weighted by Gasteiger charge is -2.45. The molecular weight excluding hydrogens is 1230 g/mol. The molecule has 10 atom stereocenters. The van der Waals surface area contributed by atoms with Gasteiger partial charge in [0.25, 0.3) is 0 Å². The summed E-state index contributed by atoms with van der Waals surface area (Å²) in [6.07, 6.45) is 24.4. The highest BCUT2D eigenvalue weighted by atomic mass is 28.4. The zero-order valence-electron chi connectivity index (χ0n) is 61.7. The second kappa shape index (κ2) is 44.6. The molecule has 0 saturated carbocycles. The Morgan fingerprint density at radius 2 is 0.844 bits per heavy atom. The van der Waals surface area contributed by atoms with E-state index in [-0.39, 0.29) is 47.3 Å². The van der Waals surface area contributed by atoms with Crippen LogP contribution in [0.5, 0.6) is 0 Å². The van der Waals surface area contributed by atoms with Crippen molar-refractivity contribution in [2.45, 2.75) is 277 Å². The minimum atomic E-state index is -2.09. The lowest BCUT2D eigenvalue weighted by atomic mass is 9.88. The van der Waals surface area contributed by atoms with Gasteiger partial charge in [0.15, 0.2) is 16.6 Å². The van der Waals surface area contributed by atoms with Crippen LogP contribution in [0.4, 0.5) is 0 Å². The molecule has 15 heteroatoms. The number of aliphatic carboxylic acids is 1. The van der Waals surface area contributed by atoms with E-state index in [4.69, 9.17) is 52.4 Å². The Morgan fingerprint density at radius 3 is 1.17 bits per heavy atom. The van der Waals surface area contributed by atoms with Crippen LogP contribution < -0.4 is 0 Å². The van der Waals surface area contributed by atoms with Crippen molar-refractivity contribution in [1.82, 2.24) is 0 Å². The summed E-state index contributed by atoms with van der Waals surface area (Å²) in [4.78, 5) is 20.3. The minimum absolute atomic E-state index is 0.0347. The number of nitrogens with zero attached hydrogens (tertiary/aromatic N) is 2. The zero-order chi connectivity index (χ0) is 70.4. The predicted octanol–water partition coefficient (Wildman–Crippen LogP) is 20.1. The van der Waals surface area contributed by atoms with E-state index in [1.807, 2.05) is 74.5 Å². The van der Waals surface area contributed by atoms with Crippen LogP contribution in [0.25, 0.3) is 0 Å². The van der Waals surface area contributed by atoms with Crippen LogP contribution in [0, 0.1) is 5.92 Å². The number of ether oxygens (including phenoxy) is 6. The van der Waals surface area contributed by atoms with Gasteiger partial charge < -0.3 is 47.5 Å². The molecule has 2 N–H and O–H groups in total.